The number of furan rings is 1. The molecule has 3 aromatic rings. The third kappa shape index (κ3) is 3.44. The van der Waals surface area contributed by atoms with Gasteiger partial charge in [-0.25, -0.2) is 13.2 Å². The van der Waals surface area contributed by atoms with Gasteiger partial charge in [0.2, 0.25) is 5.91 Å². The molecular weight excluding hydrogens is 434 g/mol. The molecule has 0 radical (unpaired) electrons. The topological polar surface area (TPSA) is 127 Å². The van der Waals surface area contributed by atoms with Crippen molar-refractivity contribution in [3.8, 4) is 0 Å². The van der Waals surface area contributed by atoms with E-state index in [1.165, 1.54) is 5.56 Å². The quantitative estimate of drug-likeness (QED) is 0.572. The van der Waals surface area contributed by atoms with Crippen molar-refractivity contribution in [1.29, 1.82) is 0 Å². The lowest BCUT2D eigenvalue weighted by Gasteiger charge is -2.15. The molecule has 1 amide bonds. The molecule has 170 valence electrons. The van der Waals surface area contributed by atoms with Gasteiger partial charge in [-0.05, 0) is 44.7 Å². The predicted octanol–water partition coefficient (Wildman–Crippen LogP) is 1.85. The average Bonchev–Trinajstić information content (AvgIpc) is 3.22. The number of aliphatic hydroxyl groups is 1. The summed E-state index contributed by atoms with van der Waals surface area (Å²) < 4.78 is 35.1. The van der Waals surface area contributed by atoms with Crippen LogP contribution in [-0.4, -0.2) is 43.1 Å². The number of nitrogens with one attached hydrogen (secondary N) is 1. The van der Waals surface area contributed by atoms with E-state index in [0.717, 1.165) is 53.4 Å². The summed E-state index contributed by atoms with van der Waals surface area (Å²) in [5.74, 6) is -0.221. The van der Waals surface area contributed by atoms with E-state index in [1.807, 2.05) is 13.0 Å². The molecule has 0 spiro atoms. The predicted molar refractivity (Wildman–Crippen MR) is 119 cm³/mol. The molecule has 9 heteroatoms. The molecule has 1 aromatic carbocycles. The number of carbonyl (C=O) groups excluding carboxylic acids is 1. The minimum absolute atomic E-state index is 0.224. The zero-order valence-electron chi connectivity index (χ0n) is 18.0. The Hall–Kier alpha value is -2.65. The van der Waals surface area contributed by atoms with E-state index < -0.39 is 33.5 Å². The maximum absolute atomic E-state index is 12.8. The maximum atomic E-state index is 12.8. The Morgan fingerprint density at radius 1 is 1.09 bits per heavy atom. The second-order valence-electron chi connectivity index (χ2n) is 8.95. The van der Waals surface area contributed by atoms with Gasteiger partial charge in [0.15, 0.2) is 9.84 Å². The molecule has 2 N–H and O–H groups in total. The van der Waals surface area contributed by atoms with Crippen LogP contribution in [0.1, 0.15) is 40.9 Å². The van der Waals surface area contributed by atoms with E-state index >= 15 is 0 Å². The first kappa shape index (κ1) is 21.2. The second kappa shape index (κ2) is 7.45. The van der Waals surface area contributed by atoms with E-state index in [4.69, 9.17) is 8.83 Å². The van der Waals surface area contributed by atoms with Crippen molar-refractivity contribution < 1.29 is 27.2 Å². The van der Waals surface area contributed by atoms with E-state index in [1.54, 1.807) is 6.92 Å². The third-order valence-corrected chi connectivity index (χ3v) is 8.45. The van der Waals surface area contributed by atoms with Crippen LogP contribution in [0.25, 0.3) is 21.9 Å². The average molecular weight is 460 g/mol. The molecule has 32 heavy (non-hydrogen) atoms. The van der Waals surface area contributed by atoms with Crippen LogP contribution in [0.2, 0.25) is 0 Å². The Labute approximate surface area is 184 Å². The lowest BCUT2D eigenvalue weighted by molar-refractivity contribution is -0.121. The molecule has 5 rings (SSSR count). The van der Waals surface area contributed by atoms with Gasteiger partial charge in [-0.2, -0.15) is 0 Å². The zero-order valence-corrected chi connectivity index (χ0v) is 18.8. The Balaban J connectivity index is 1.53. The van der Waals surface area contributed by atoms with Gasteiger partial charge in [0, 0.05) is 28.3 Å². The van der Waals surface area contributed by atoms with Gasteiger partial charge < -0.3 is 19.3 Å². The number of sulfone groups is 1. The van der Waals surface area contributed by atoms with Crippen molar-refractivity contribution in [2.24, 2.45) is 0 Å². The molecule has 0 unspecified atom stereocenters. The van der Waals surface area contributed by atoms with Crippen LogP contribution in [0.4, 0.5) is 0 Å². The summed E-state index contributed by atoms with van der Waals surface area (Å²) in [6, 6.07) is 1.11. The van der Waals surface area contributed by atoms with Crippen LogP contribution in [0.5, 0.6) is 0 Å². The molecular formula is C23H25NO7S. The molecule has 8 nitrogen and oxygen atoms in total. The number of aliphatic hydroxyl groups excluding tert-OH is 1. The van der Waals surface area contributed by atoms with Gasteiger partial charge in [0.1, 0.15) is 16.9 Å². The first-order chi connectivity index (χ1) is 15.1. The van der Waals surface area contributed by atoms with Crippen LogP contribution in [-0.2, 0) is 33.9 Å². The van der Waals surface area contributed by atoms with Gasteiger partial charge in [0.05, 0.1) is 35.6 Å². The standard InChI is InChI=1S/C23H25NO7S/c1-11-14-7-16-13-5-3-4-6-19(13)30-22(16)12(2)21(14)31-23(27)15(11)8-20(26)24-17-9-32(28,29)10-18(17)25/h7,17-18,25H,3-6,8-10H2,1-2H3,(H,24,26)/t17-,18-/m1/s1. The van der Waals surface area contributed by atoms with Crippen LogP contribution >= 0.6 is 0 Å². The monoisotopic (exact) mass is 459 g/mol. The van der Waals surface area contributed by atoms with Crippen molar-refractivity contribution in [2.45, 2.75) is 58.1 Å². The minimum atomic E-state index is -3.39. The summed E-state index contributed by atoms with van der Waals surface area (Å²) in [7, 11) is -3.39. The number of amides is 1. The van der Waals surface area contributed by atoms with Gasteiger partial charge in [-0.3, -0.25) is 4.79 Å². The molecule has 1 fully saturated rings. The summed E-state index contributed by atoms with van der Waals surface area (Å²) in [5.41, 5.74) is 3.44. The summed E-state index contributed by atoms with van der Waals surface area (Å²) in [4.78, 5) is 25.3. The maximum Gasteiger partial charge on any atom is 0.340 e. The smallest absolute Gasteiger partial charge is 0.340 e. The fourth-order valence-corrected chi connectivity index (χ4v) is 6.75. The van der Waals surface area contributed by atoms with Crippen LogP contribution in [0, 0.1) is 13.8 Å². The molecule has 1 aliphatic heterocycles. The SMILES string of the molecule is Cc1c(CC(=O)N[C@@H]2CS(=O)(=O)C[C@H]2O)c(=O)oc2c(C)c3oc4c(c3cc12)CCCC4. The molecule has 1 saturated heterocycles. The van der Waals surface area contributed by atoms with Crippen LogP contribution in [0.15, 0.2) is 19.7 Å². The second-order valence-corrected chi connectivity index (χ2v) is 11.1. The van der Waals surface area contributed by atoms with Crippen molar-refractivity contribution in [1.82, 2.24) is 5.32 Å². The Bertz CT molecular complexity index is 1430. The van der Waals surface area contributed by atoms with Crippen molar-refractivity contribution >= 4 is 37.7 Å². The number of benzene rings is 1. The summed E-state index contributed by atoms with van der Waals surface area (Å²) in [5, 5.41) is 14.2. The lowest BCUT2D eigenvalue weighted by Crippen LogP contribution is -2.43. The van der Waals surface area contributed by atoms with Crippen LogP contribution < -0.4 is 10.9 Å². The molecule has 0 bridgehead atoms. The number of aryl methyl sites for hydroxylation is 4. The van der Waals surface area contributed by atoms with E-state index in [9.17, 15) is 23.1 Å². The first-order valence-corrected chi connectivity index (χ1v) is 12.6. The molecule has 2 aliphatic rings. The van der Waals surface area contributed by atoms with Gasteiger partial charge in [0.25, 0.3) is 0 Å². The number of rotatable bonds is 3. The highest BCUT2D eigenvalue weighted by atomic mass is 32.2. The third-order valence-electron chi connectivity index (χ3n) is 6.73. The van der Waals surface area contributed by atoms with Crippen molar-refractivity contribution in [2.75, 3.05) is 11.5 Å². The molecule has 2 aromatic heterocycles. The molecule has 0 saturated carbocycles. The number of carbonyl (C=O) groups is 1. The van der Waals surface area contributed by atoms with E-state index in [0.29, 0.717) is 11.1 Å². The lowest BCUT2D eigenvalue weighted by atomic mass is 9.93. The normalized spacial score (nSPS) is 22.3. The molecule has 2 atom stereocenters. The summed E-state index contributed by atoms with van der Waals surface area (Å²) in [6.07, 6.45) is 2.64. The first-order valence-electron chi connectivity index (χ1n) is 10.8. The summed E-state index contributed by atoms with van der Waals surface area (Å²) >= 11 is 0. The number of hydrogen-bond acceptors (Lipinski definition) is 7. The minimum Gasteiger partial charge on any atom is -0.460 e. The van der Waals surface area contributed by atoms with Gasteiger partial charge in [-0.15, -0.1) is 0 Å². The Morgan fingerprint density at radius 2 is 1.81 bits per heavy atom. The molecule has 1 aliphatic carbocycles. The highest BCUT2D eigenvalue weighted by molar-refractivity contribution is 7.91. The molecule has 3 heterocycles. The fraction of sp³-hybridized carbons (Fsp3) is 0.478. The fourth-order valence-electron chi connectivity index (χ4n) is 5.01. The van der Waals surface area contributed by atoms with E-state index in [-0.39, 0.29) is 23.5 Å². The van der Waals surface area contributed by atoms with Gasteiger partial charge in [-0.1, -0.05) is 0 Å². The van der Waals surface area contributed by atoms with Crippen molar-refractivity contribution in [3.05, 3.63) is 44.5 Å². The highest BCUT2D eigenvalue weighted by Crippen LogP contribution is 2.37. The number of hydrogen-bond donors (Lipinski definition) is 2. The number of fused-ring (bicyclic) bond motifs is 4. The Morgan fingerprint density at radius 3 is 2.53 bits per heavy atom. The highest BCUT2D eigenvalue weighted by Gasteiger charge is 2.37. The van der Waals surface area contributed by atoms with Crippen LogP contribution in [0.3, 0.4) is 0 Å². The zero-order chi connectivity index (χ0) is 22.8. The van der Waals surface area contributed by atoms with E-state index in [2.05, 4.69) is 5.32 Å². The summed E-state index contributed by atoms with van der Waals surface area (Å²) in [6.45, 7) is 3.66. The van der Waals surface area contributed by atoms with Gasteiger partial charge >= 0.3 is 5.63 Å². The largest absolute Gasteiger partial charge is 0.460 e. The van der Waals surface area contributed by atoms with Crippen molar-refractivity contribution in [3.63, 3.8) is 0 Å². The Kier molecular flexibility index (Phi) is 4.94.